The third-order valence-corrected chi connectivity index (χ3v) is 9.61. The van der Waals surface area contributed by atoms with Gasteiger partial charge in [-0.3, -0.25) is 4.79 Å². The summed E-state index contributed by atoms with van der Waals surface area (Å²) in [5.74, 6) is -0.773. The van der Waals surface area contributed by atoms with Crippen LogP contribution in [0.15, 0.2) is 66.7 Å². The maximum absolute atomic E-state index is 13.5. The fourth-order valence-electron chi connectivity index (χ4n) is 6.34. The van der Waals surface area contributed by atoms with E-state index in [0.717, 1.165) is 65.0 Å². The van der Waals surface area contributed by atoms with Gasteiger partial charge < -0.3 is 14.7 Å². The van der Waals surface area contributed by atoms with Crippen LogP contribution in [0.1, 0.15) is 66.4 Å². The first-order valence-electron chi connectivity index (χ1n) is 14.1. The number of thiazole rings is 1. The van der Waals surface area contributed by atoms with Crippen molar-refractivity contribution in [2.45, 2.75) is 58.0 Å². The second-order valence-electron chi connectivity index (χ2n) is 11.4. The molecule has 0 atom stereocenters. The van der Waals surface area contributed by atoms with E-state index in [0.29, 0.717) is 19.6 Å². The van der Waals surface area contributed by atoms with Crippen LogP contribution in [0, 0.1) is 12.3 Å². The molecule has 7 rings (SSSR count). The van der Waals surface area contributed by atoms with Crippen LogP contribution >= 0.6 is 11.3 Å². The van der Waals surface area contributed by atoms with Gasteiger partial charge in [0.1, 0.15) is 0 Å². The number of benzene rings is 3. The molecule has 1 aromatic heterocycles. The summed E-state index contributed by atoms with van der Waals surface area (Å²) >= 11 is 1.70. The van der Waals surface area contributed by atoms with E-state index in [-0.39, 0.29) is 22.5 Å². The zero-order valence-electron chi connectivity index (χ0n) is 23.0. The Morgan fingerprint density at radius 1 is 1.00 bits per heavy atom. The normalized spacial score (nSPS) is 21.9. The highest BCUT2D eigenvalue weighted by Gasteiger charge is 2.51. The van der Waals surface area contributed by atoms with Crippen LogP contribution in [0.5, 0.6) is 0 Å². The highest BCUT2D eigenvalue weighted by atomic mass is 32.1. The summed E-state index contributed by atoms with van der Waals surface area (Å²) in [5, 5.41) is 10.3. The number of anilines is 1. The Hall–Kier alpha value is -3.55. The lowest BCUT2D eigenvalue weighted by molar-refractivity contribution is -0.186. The smallest absolute Gasteiger partial charge is 0.335 e. The van der Waals surface area contributed by atoms with Crippen molar-refractivity contribution in [3.05, 3.63) is 82.9 Å². The minimum absolute atomic E-state index is 0.0960. The van der Waals surface area contributed by atoms with Crippen LogP contribution in [-0.4, -0.2) is 35.1 Å². The number of aromatic nitrogens is 1. The number of carbonyl (C=O) groups is 2. The predicted molar refractivity (Wildman–Crippen MR) is 159 cm³/mol. The topological polar surface area (TPSA) is 79.7 Å². The molecular weight excluding hydrogens is 520 g/mol. The molecule has 1 aliphatic carbocycles. The van der Waals surface area contributed by atoms with Gasteiger partial charge in [0.25, 0.3) is 0 Å². The molecule has 2 aliphatic heterocycles. The minimum atomic E-state index is -0.920. The third kappa shape index (κ3) is 4.93. The van der Waals surface area contributed by atoms with Gasteiger partial charge in [0.2, 0.25) is 5.91 Å². The summed E-state index contributed by atoms with van der Waals surface area (Å²) in [6, 6.07) is 21.8. The van der Waals surface area contributed by atoms with E-state index in [9.17, 15) is 14.7 Å². The molecule has 206 valence electrons. The average molecular weight is 555 g/mol. The first-order chi connectivity index (χ1) is 19.3. The number of hydrogen-bond acceptors (Lipinski definition) is 5. The van der Waals surface area contributed by atoms with Crippen LogP contribution in [0.25, 0.3) is 21.3 Å². The highest BCUT2D eigenvalue weighted by Crippen LogP contribution is 2.54. The van der Waals surface area contributed by atoms with Crippen molar-refractivity contribution in [1.29, 1.82) is 0 Å². The summed E-state index contributed by atoms with van der Waals surface area (Å²) in [5.41, 5.74) is 5.02. The van der Waals surface area contributed by atoms with Crippen molar-refractivity contribution in [1.82, 2.24) is 4.98 Å². The fraction of sp³-hybridized carbons (Fsp3) is 0.364. The van der Waals surface area contributed by atoms with Gasteiger partial charge in [-0.15, -0.1) is 11.3 Å². The fourth-order valence-corrected chi connectivity index (χ4v) is 7.20. The standard InChI is InChI=1S/C33H34N2O4S/c1-3-5-30(36)35(27-7-4-6-24(18-27)25-10-13-28-29(19-25)40-22(2)34-28)20-32-14-16-33(17-15-32,39-21-32)26-11-8-23(9-12-26)31(37)38/h4,6-13,18-19H,3,5,14-17,20-21H2,1-2H3,(H,37,38). The summed E-state index contributed by atoms with van der Waals surface area (Å²) in [6.45, 7) is 5.30. The highest BCUT2D eigenvalue weighted by molar-refractivity contribution is 7.18. The SMILES string of the molecule is CCCC(=O)N(CC12CCC(c3ccc(C(=O)O)cc3)(CC1)OC2)c1cccc(-c2ccc3nc(C)sc3c2)c1. The van der Waals surface area contributed by atoms with E-state index < -0.39 is 5.97 Å². The Balaban J connectivity index is 1.25. The van der Waals surface area contributed by atoms with Gasteiger partial charge in [0.05, 0.1) is 33.0 Å². The van der Waals surface area contributed by atoms with Crippen LogP contribution in [0.2, 0.25) is 0 Å². The lowest BCUT2D eigenvalue weighted by atomic mass is 9.64. The number of rotatable bonds is 8. The van der Waals surface area contributed by atoms with Gasteiger partial charge >= 0.3 is 5.97 Å². The summed E-state index contributed by atoms with van der Waals surface area (Å²) in [6.07, 6.45) is 4.96. The van der Waals surface area contributed by atoms with Gasteiger partial charge in [0.15, 0.2) is 0 Å². The number of carboxylic acids is 1. The molecule has 7 heteroatoms. The Bertz CT molecular complexity index is 1550. The van der Waals surface area contributed by atoms with Crippen molar-refractivity contribution in [2.24, 2.45) is 5.41 Å². The maximum atomic E-state index is 13.5. The van der Waals surface area contributed by atoms with E-state index in [1.807, 2.05) is 43.0 Å². The first kappa shape index (κ1) is 26.7. The number of fused-ring (bicyclic) bond motifs is 4. The molecule has 6 nitrogen and oxygen atoms in total. The molecule has 0 unspecified atom stereocenters. The Morgan fingerprint density at radius 3 is 2.42 bits per heavy atom. The molecule has 3 fully saturated rings. The molecule has 3 aliphatic rings. The van der Waals surface area contributed by atoms with Gasteiger partial charge in [-0.25, -0.2) is 9.78 Å². The van der Waals surface area contributed by atoms with Gasteiger partial charge in [-0.1, -0.05) is 37.3 Å². The number of aryl methyl sites for hydroxylation is 1. The molecular formula is C33H34N2O4S. The monoisotopic (exact) mass is 554 g/mol. The summed E-state index contributed by atoms with van der Waals surface area (Å²) in [7, 11) is 0. The summed E-state index contributed by atoms with van der Waals surface area (Å²) < 4.78 is 7.74. The molecule has 3 aromatic carbocycles. The van der Waals surface area contributed by atoms with Crippen molar-refractivity contribution in [3.8, 4) is 11.1 Å². The van der Waals surface area contributed by atoms with Crippen molar-refractivity contribution < 1.29 is 19.4 Å². The van der Waals surface area contributed by atoms with E-state index >= 15 is 0 Å². The minimum Gasteiger partial charge on any atom is -0.478 e. The molecule has 3 heterocycles. The lowest BCUT2D eigenvalue weighted by Crippen LogP contribution is -2.54. The van der Waals surface area contributed by atoms with E-state index in [4.69, 9.17) is 4.74 Å². The number of carboxylic acid groups (broad SMARTS) is 1. The van der Waals surface area contributed by atoms with E-state index in [2.05, 4.69) is 35.3 Å². The molecule has 1 N–H and O–H groups in total. The lowest BCUT2D eigenvalue weighted by Gasteiger charge is -2.54. The van der Waals surface area contributed by atoms with E-state index in [1.54, 1.807) is 23.5 Å². The van der Waals surface area contributed by atoms with Crippen molar-refractivity contribution in [2.75, 3.05) is 18.1 Å². The molecule has 4 aromatic rings. The van der Waals surface area contributed by atoms with E-state index in [1.165, 1.54) is 4.70 Å². The number of amides is 1. The van der Waals surface area contributed by atoms with Gasteiger partial charge in [0, 0.05) is 24.1 Å². The third-order valence-electron chi connectivity index (χ3n) is 8.68. The Labute approximate surface area is 238 Å². The van der Waals surface area contributed by atoms with Crippen LogP contribution in [0.3, 0.4) is 0 Å². The van der Waals surface area contributed by atoms with Crippen molar-refractivity contribution in [3.63, 3.8) is 0 Å². The second-order valence-corrected chi connectivity index (χ2v) is 12.6. The summed E-state index contributed by atoms with van der Waals surface area (Å²) in [4.78, 5) is 31.4. The van der Waals surface area contributed by atoms with Crippen LogP contribution in [0.4, 0.5) is 5.69 Å². The molecule has 1 saturated carbocycles. The molecule has 2 saturated heterocycles. The zero-order chi connectivity index (χ0) is 27.9. The molecule has 40 heavy (non-hydrogen) atoms. The van der Waals surface area contributed by atoms with Crippen molar-refractivity contribution >= 4 is 39.1 Å². The quantitative estimate of drug-likeness (QED) is 0.243. The molecule has 0 spiro atoms. The number of hydrogen-bond donors (Lipinski definition) is 1. The Morgan fingerprint density at radius 2 is 1.75 bits per heavy atom. The average Bonchev–Trinajstić information content (AvgIpc) is 3.36. The first-order valence-corrected chi connectivity index (χ1v) is 14.9. The van der Waals surface area contributed by atoms with Crippen LogP contribution < -0.4 is 4.90 Å². The maximum Gasteiger partial charge on any atom is 0.335 e. The number of aromatic carboxylic acids is 1. The van der Waals surface area contributed by atoms with Gasteiger partial charge in [-0.2, -0.15) is 0 Å². The molecule has 2 bridgehead atoms. The number of nitrogens with zero attached hydrogens (tertiary/aromatic N) is 2. The number of ether oxygens (including phenoxy) is 1. The van der Waals surface area contributed by atoms with Gasteiger partial charge in [-0.05, 0) is 92.1 Å². The van der Waals surface area contributed by atoms with Crippen LogP contribution in [-0.2, 0) is 15.1 Å². The largest absolute Gasteiger partial charge is 0.478 e. The second kappa shape index (κ2) is 10.5. The Kier molecular flexibility index (Phi) is 6.97. The molecule has 0 radical (unpaired) electrons. The predicted octanol–water partition coefficient (Wildman–Crippen LogP) is 7.59. The number of carbonyl (C=O) groups excluding carboxylic acids is 1. The zero-order valence-corrected chi connectivity index (χ0v) is 23.8. The molecule has 1 amide bonds.